The summed E-state index contributed by atoms with van der Waals surface area (Å²) in [5, 5.41) is 20.1. The van der Waals surface area contributed by atoms with Gasteiger partial charge >= 0.3 is 0 Å². The molecule has 1 aromatic rings. The van der Waals surface area contributed by atoms with Crippen molar-refractivity contribution < 1.29 is 10.0 Å². The normalized spacial score (nSPS) is 18.2. The van der Waals surface area contributed by atoms with E-state index < -0.39 is 0 Å². The average molecular weight is 220 g/mol. The third-order valence-corrected chi connectivity index (χ3v) is 2.22. The second-order valence-electron chi connectivity index (χ2n) is 3.44. The molecule has 84 valence electrons. The quantitative estimate of drug-likeness (QED) is 0.511. The van der Waals surface area contributed by atoms with Crippen molar-refractivity contribution in [3.63, 3.8) is 0 Å². The number of rotatable bonds is 1. The van der Waals surface area contributed by atoms with Gasteiger partial charge in [-0.2, -0.15) is 5.10 Å². The van der Waals surface area contributed by atoms with Crippen molar-refractivity contribution in [2.75, 3.05) is 6.54 Å². The molecule has 0 spiro atoms. The molecule has 0 saturated carbocycles. The van der Waals surface area contributed by atoms with Crippen LogP contribution in [0.15, 0.2) is 34.7 Å². The zero-order valence-corrected chi connectivity index (χ0v) is 8.63. The van der Waals surface area contributed by atoms with E-state index in [2.05, 4.69) is 15.5 Å². The Morgan fingerprint density at radius 3 is 2.75 bits per heavy atom. The number of hydrogen-bond acceptors (Lipinski definition) is 4. The van der Waals surface area contributed by atoms with Crippen LogP contribution in [-0.2, 0) is 4.79 Å². The van der Waals surface area contributed by atoms with Crippen molar-refractivity contribution >= 4 is 11.6 Å². The molecule has 2 rings (SSSR count). The van der Waals surface area contributed by atoms with E-state index in [4.69, 9.17) is 5.21 Å². The first-order valence-electron chi connectivity index (χ1n) is 5.02. The highest BCUT2D eigenvalue weighted by Gasteiger charge is 2.15. The van der Waals surface area contributed by atoms with E-state index in [1.54, 1.807) is 12.1 Å². The van der Waals surface area contributed by atoms with Crippen LogP contribution in [0.1, 0.15) is 12.8 Å². The number of piperidine rings is 1. The maximum Gasteiger partial charge on any atom is 0.267 e. The molecule has 0 aliphatic carbocycles. The maximum absolute atomic E-state index is 11.3. The number of aromatic nitrogens is 1. The Labute approximate surface area is 91.9 Å². The van der Waals surface area contributed by atoms with E-state index >= 15 is 0 Å². The number of nitrogens with zero attached hydrogens (tertiary/aromatic N) is 3. The molecule has 1 aliphatic rings. The lowest BCUT2D eigenvalue weighted by molar-refractivity contribution is -0.115. The third-order valence-electron chi connectivity index (χ3n) is 2.22. The van der Waals surface area contributed by atoms with Gasteiger partial charge in [-0.15, -0.1) is 5.10 Å². The van der Waals surface area contributed by atoms with Crippen LogP contribution in [0, 0.1) is 0 Å². The standard InChI is InChI=1S/C10H12N4O2/c15-10-9(2-1-5-11-10)13-12-8-3-6-14(16)7-4-8/h3-4,6-7,16H,1-2,5H2,(H,11,15)/b13-9+. The summed E-state index contributed by atoms with van der Waals surface area (Å²) in [6.07, 6.45) is 4.44. The van der Waals surface area contributed by atoms with Crippen LogP contribution >= 0.6 is 0 Å². The molecule has 6 nitrogen and oxygen atoms in total. The van der Waals surface area contributed by atoms with Gasteiger partial charge in [0.1, 0.15) is 5.71 Å². The molecule has 0 unspecified atom stereocenters. The van der Waals surface area contributed by atoms with E-state index in [0.29, 0.717) is 24.0 Å². The van der Waals surface area contributed by atoms with Crippen LogP contribution in [0.3, 0.4) is 0 Å². The first kappa shape index (κ1) is 10.4. The fraction of sp³-hybridized carbons (Fsp3) is 0.300. The molecular formula is C10H12N4O2. The van der Waals surface area contributed by atoms with Gasteiger partial charge in [-0.25, -0.2) is 4.73 Å². The van der Waals surface area contributed by atoms with Crippen molar-refractivity contribution in [3.05, 3.63) is 29.9 Å². The van der Waals surface area contributed by atoms with Crippen LogP contribution in [0.2, 0.25) is 0 Å². The Morgan fingerprint density at radius 2 is 2.06 bits per heavy atom. The molecule has 1 aromatic heterocycles. The lowest BCUT2D eigenvalue weighted by Gasteiger charge is -2.11. The maximum atomic E-state index is 11.3. The summed E-state index contributed by atoms with van der Waals surface area (Å²) in [7, 11) is 0. The second kappa shape index (κ2) is 4.61. The monoisotopic (exact) mass is 220 g/mol. The van der Waals surface area contributed by atoms with Crippen LogP contribution in [0.25, 0.3) is 0 Å². The largest absolute Gasteiger partial charge is 0.429 e. The molecule has 6 heteroatoms. The smallest absolute Gasteiger partial charge is 0.267 e. The van der Waals surface area contributed by atoms with E-state index in [1.807, 2.05) is 0 Å². The zero-order valence-electron chi connectivity index (χ0n) is 8.63. The summed E-state index contributed by atoms with van der Waals surface area (Å²) < 4.78 is 0.916. The SMILES string of the molecule is O=C1NCCC/C1=N\N=c1ccn(O)cc1. The van der Waals surface area contributed by atoms with Gasteiger partial charge in [-0.1, -0.05) is 0 Å². The third kappa shape index (κ3) is 2.47. The Balaban J connectivity index is 2.21. The highest BCUT2D eigenvalue weighted by atomic mass is 16.5. The summed E-state index contributed by atoms with van der Waals surface area (Å²) >= 11 is 0. The topological polar surface area (TPSA) is 79.0 Å². The van der Waals surface area contributed by atoms with Crippen molar-refractivity contribution in [3.8, 4) is 0 Å². The minimum atomic E-state index is -0.150. The number of hydrogen-bond donors (Lipinski definition) is 2. The number of pyridine rings is 1. The van der Waals surface area contributed by atoms with Crippen molar-refractivity contribution in [1.82, 2.24) is 10.0 Å². The summed E-state index contributed by atoms with van der Waals surface area (Å²) in [5.41, 5.74) is 0.451. The minimum Gasteiger partial charge on any atom is -0.429 e. The molecule has 0 aromatic carbocycles. The van der Waals surface area contributed by atoms with E-state index in [9.17, 15) is 4.79 Å². The van der Waals surface area contributed by atoms with Crippen LogP contribution in [-0.4, -0.2) is 28.1 Å². The van der Waals surface area contributed by atoms with Gasteiger partial charge in [0.15, 0.2) is 0 Å². The molecule has 1 amide bonds. The van der Waals surface area contributed by atoms with Gasteiger partial charge in [0.25, 0.3) is 5.91 Å². The van der Waals surface area contributed by atoms with E-state index in [0.717, 1.165) is 11.2 Å². The Morgan fingerprint density at radius 1 is 1.31 bits per heavy atom. The first-order valence-corrected chi connectivity index (χ1v) is 5.02. The van der Waals surface area contributed by atoms with Crippen molar-refractivity contribution in [1.29, 1.82) is 0 Å². The molecule has 2 N–H and O–H groups in total. The minimum absolute atomic E-state index is 0.150. The highest BCUT2D eigenvalue weighted by molar-refractivity contribution is 6.39. The van der Waals surface area contributed by atoms with Crippen LogP contribution < -0.4 is 10.7 Å². The second-order valence-corrected chi connectivity index (χ2v) is 3.44. The Hall–Kier alpha value is -2.11. The van der Waals surface area contributed by atoms with E-state index in [-0.39, 0.29) is 5.91 Å². The lowest BCUT2D eigenvalue weighted by Crippen LogP contribution is -2.36. The fourth-order valence-electron chi connectivity index (χ4n) is 1.36. The molecule has 1 saturated heterocycles. The molecule has 2 heterocycles. The molecular weight excluding hydrogens is 208 g/mol. The number of carbonyl (C=O) groups is 1. The molecule has 1 aliphatic heterocycles. The molecule has 1 fully saturated rings. The summed E-state index contributed by atoms with van der Waals surface area (Å²) in [6.45, 7) is 0.702. The first-order chi connectivity index (χ1) is 7.75. The summed E-state index contributed by atoms with van der Waals surface area (Å²) in [4.78, 5) is 11.3. The van der Waals surface area contributed by atoms with Gasteiger partial charge in [0.05, 0.1) is 5.36 Å². The number of amides is 1. The Bertz CT molecular complexity index is 469. The van der Waals surface area contributed by atoms with Gasteiger partial charge in [-0.05, 0) is 25.0 Å². The van der Waals surface area contributed by atoms with Crippen LogP contribution in [0.4, 0.5) is 0 Å². The van der Waals surface area contributed by atoms with E-state index in [1.165, 1.54) is 12.4 Å². The van der Waals surface area contributed by atoms with Crippen molar-refractivity contribution in [2.45, 2.75) is 12.8 Å². The van der Waals surface area contributed by atoms with Gasteiger partial charge in [-0.3, -0.25) is 4.79 Å². The number of nitrogens with one attached hydrogen (secondary N) is 1. The lowest BCUT2D eigenvalue weighted by atomic mass is 10.1. The number of carbonyl (C=O) groups excluding carboxylic acids is 1. The molecule has 0 radical (unpaired) electrons. The average Bonchev–Trinajstić information content (AvgIpc) is 2.30. The van der Waals surface area contributed by atoms with Crippen LogP contribution in [0.5, 0.6) is 0 Å². The van der Waals surface area contributed by atoms with Crippen molar-refractivity contribution in [2.24, 2.45) is 10.2 Å². The molecule has 0 bridgehead atoms. The molecule has 0 atom stereocenters. The Kier molecular flexibility index (Phi) is 3.00. The zero-order chi connectivity index (χ0) is 11.4. The summed E-state index contributed by atoms with van der Waals surface area (Å²) in [5.74, 6) is -0.150. The highest BCUT2D eigenvalue weighted by Crippen LogP contribution is 1.99. The fourth-order valence-corrected chi connectivity index (χ4v) is 1.36. The molecule has 16 heavy (non-hydrogen) atoms. The summed E-state index contributed by atoms with van der Waals surface area (Å²) in [6, 6.07) is 3.20. The van der Waals surface area contributed by atoms with Gasteiger partial charge in [0.2, 0.25) is 0 Å². The van der Waals surface area contributed by atoms with Gasteiger partial charge < -0.3 is 10.5 Å². The predicted octanol–water partition coefficient (Wildman–Crippen LogP) is -0.108. The predicted molar refractivity (Wildman–Crippen MR) is 56.9 cm³/mol. The van der Waals surface area contributed by atoms with Gasteiger partial charge in [0, 0.05) is 18.9 Å².